The first-order chi connectivity index (χ1) is 10.1. The maximum absolute atomic E-state index is 3.80. The third-order valence-corrected chi connectivity index (χ3v) is 5.76. The van der Waals surface area contributed by atoms with Crippen LogP contribution in [0.15, 0.2) is 17.5 Å². The molecule has 3 unspecified atom stereocenters. The molecule has 1 aliphatic rings. The Morgan fingerprint density at radius 1 is 1.38 bits per heavy atom. The molecular formula is C18H32N2S. The van der Waals surface area contributed by atoms with Crippen molar-refractivity contribution in [2.24, 2.45) is 11.8 Å². The third kappa shape index (κ3) is 5.08. The highest BCUT2D eigenvalue weighted by Crippen LogP contribution is 2.21. The molecule has 1 saturated heterocycles. The predicted molar refractivity (Wildman–Crippen MR) is 94.1 cm³/mol. The topological polar surface area (TPSA) is 15.3 Å². The first-order valence-corrected chi connectivity index (χ1v) is 9.47. The van der Waals surface area contributed by atoms with Gasteiger partial charge in [-0.1, -0.05) is 40.2 Å². The SMILES string of the molecule is CCC(C)C1CNC(CC(C)C)CN1CCc1cccs1. The summed E-state index contributed by atoms with van der Waals surface area (Å²) in [6, 6.07) is 5.83. The molecule has 0 spiro atoms. The Balaban J connectivity index is 1.94. The summed E-state index contributed by atoms with van der Waals surface area (Å²) in [5.74, 6) is 1.56. The lowest BCUT2D eigenvalue weighted by molar-refractivity contribution is 0.0869. The van der Waals surface area contributed by atoms with E-state index in [1.165, 1.54) is 37.2 Å². The Bertz CT molecular complexity index is 388. The van der Waals surface area contributed by atoms with Crippen molar-refractivity contribution < 1.29 is 0 Å². The molecule has 2 heterocycles. The van der Waals surface area contributed by atoms with E-state index < -0.39 is 0 Å². The van der Waals surface area contributed by atoms with E-state index in [0.29, 0.717) is 12.1 Å². The van der Waals surface area contributed by atoms with Crippen LogP contribution in [-0.4, -0.2) is 36.6 Å². The fourth-order valence-corrected chi connectivity index (χ4v) is 4.12. The van der Waals surface area contributed by atoms with Crippen LogP contribution in [0.5, 0.6) is 0 Å². The van der Waals surface area contributed by atoms with Crippen LogP contribution in [0, 0.1) is 11.8 Å². The zero-order chi connectivity index (χ0) is 15.2. The van der Waals surface area contributed by atoms with E-state index in [9.17, 15) is 0 Å². The zero-order valence-electron chi connectivity index (χ0n) is 14.1. The van der Waals surface area contributed by atoms with Gasteiger partial charge >= 0.3 is 0 Å². The first-order valence-electron chi connectivity index (χ1n) is 8.60. The molecule has 1 fully saturated rings. The van der Waals surface area contributed by atoms with E-state index in [2.05, 4.69) is 55.4 Å². The van der Waals surface area contributed by atoms with Gasteiger partial charge in [0.15, 0.2) is 0 Å². The molecule has 0 bridgehead atoms. The van der Waals surface area contributed by atoms with Crippen molar-refractivity contribution in [3.63, 3.8) is 0 Å². The minimum atomic E-state index is 0.675. The van der Waals surface area contributed by atoms with Crippen molar-refractivity contribution in [2.45, 2.75) is 59.0 Å². The maximum Gasteiger partial charge on any atom is 0.0247 e. The molecule has 2 nitrogen and oxygen atoms in total. The lowest BCUT2D eigenvalue weighted by Gasteiger charge is -2.43. The quantitative estimate of drug-likeness (QED) is 0.818. The van der Waals surface area contributed by atoms with Gasteiger partial charge in [0.25, 0.3) is 0 Å². The van der Waals surface area contributed by atoms with Gasteiger partial charge in [0.05, 0.1) is 0 Å². The van der Waals surface area contributed by atoms with Gasteiger partial charge < -0.3 is 5.32 Å². The van der Waals surface area contributed by atoms with Crippen LogP contribution in [-0.2, 0) is 6.42 Å². The van der Waals surface area contributed by atoms with Gasteiger partial charge in [-0.25, -0.2) is 0 Å². The van der Waals surface area contributed by atoms with Crippen LogP contribution < -0.4 is 5.32 Å². The number of nitrogens with zero attached hydrogens (tertiary/aromatic N) is 1. The van der Waals surface area contributed by atoms with E-state index in [4.69, 9.17) is 0 Å². The van der Waals surface area contributed by atoms with Gasteiger partial charge in [0.2, 0.25) is 0 Å². The van der Waals surface area contributed by atoms with Gasteiger partial charge in [-0.15, -0.1) is 11.3 Å². The first kappa shape index (κ1) is 17.0. The summed E-state index contributed by atoms with van der Waals surface area (Å²) < 4.78 is 0. The average Bonchev–Trinajstić information content (AvgIpc) is 2.97. The number of rotatable bonds is 7. The van der Waals surface area contributed by atoms with Crippen LogP contribution >= 0.6 is 11.3 Å². The van der Waals surface area contributed by atoms with Gasteiger partial charge in [-0.3, -0.25) is 4.90 Å². The predicted octanol–water partition coefficient (Wildman–Crippen LogP) is 4.03. The minimum Gasteiger partial charge on any atom is -0.311 e. The lowest BCUT2D eigenvalue weighted by Crippen LogP contribution is -2.59. The monoisotopic (exact) mass is 308 g/mol. The second-order valence-electron chi connectivity index (χ2n) is 7.01. The number of hydrogen-bond acceptors (Lipinski definition) is 3. The molecule has 3 atom stereocenters. The summed E-state index contributed by atoms with van der Waals surface area (Å²) in [4.78, 5) is 4.29. The molecular weight excluding hydrogens is 276 g/mol. The van der Waals surface area contributed by atoms with Crippen molar-refractivity contribution in [1.82, 2.24) is 10.2 Å². The Kier molecular flexibility index (Phi) is 6.72. The molecule has 1 N–H and O–H groups in total. The summed E-state index contributed by atoms with van der Waals surface area (Å²) in [7, 11) is 0. The highest BCUT2D eigenvalue weighted by atomic mass is 32.1. The van der Waals surface area contributed by atoms with Crippen LogP contribution in [0.1, 0.15) is 45.4 Å². The molecule has 120 valence electrons. The average molecular weight is 309 g/mol. The number of hydrogen-bond donors (Lipinski definition) is 1. The summed E-state index contributed by atoms with van der Waals surface area (Å²) in [6.45, 7) is 13.0. The highest BCUT2D eigenvalue weighted by molar-refractivity contribution is 7.09. The minimum absolute atomic E-state index is 0.675. The van der Waals surface area contributed by atoms with E-state index >= 15 is 0 Å². The van der Waals surface area contributed by atoms with Crippen molar-refractivity contribution in [2.75, 3.05) is 19.6 Å². The largest absolute Gasteiger partial charge is 0.311 e. The summed E-state index contributed by atoms with van der Waals surface area (Å²) in [5, 5.41) is 6.00. The van der Waals surface area contributed by atoms with Crippen molar-refractivity contribution >= 4 is 11.3 Å². The lowest BCUT2D eigenvalue weighted by atomic mass is 9.92. The fourth-order valence-electron chi connectivity index (χ4n) is 3.43. The molecule has 0 aliphatic carbocycles. The normalized spacial score (nSPS) is 25.4. The number of nitrogens with one attached hydrogen (secondary N) is 1. The fraction of sp³-hybridized carbons (Fsp3) is 0.778. The van der Waals surface area contributed by atoms with Gasteiger partial charge in [-0.05, 0) is 36.1 Å². The van der Waals surface area contributed by atoms with Crippen LogP contribution in [0.4, 0.5) is 0 Å². The molecule has 2 rings (SSSR count). The summed E-state index contributed by atoms with van der Waals surface area (Å²) in [6.07, 6.45) is 3.78. The maximum atomic E-state index is 3.80. The summed E-state index contributed by atoms with van der Waals surface area (Å²) in [5.41, 5.74) is 0. The molecule has 0 amide bonds. The number of piperazine rings is 1. The van der Waals surface area contributed by atoms with Gasteiger partial charge in [-0.2, -0.15) is 0 Å². The van der Waals surface area contributed by atoms with E-state index in [1.54, 1.807) is 0 Å². The van der Waals surface area contributed by atoms with Crippen molar-refractivity contribution in [3.8, 4) is 0 Å². The van der Waals surface area contributed by atoms with Gasteiger partial charge in [0.1, 0.15) is 0 Å². The summed E-state index contributed by atoms with van der Waals surface area (Å²) >= 11 is 1.90. The second kappa shape index (κ2) is 8.30. The second-order valence-corrected chi connectivity index (χ2v) is 8.04. The molecule has 1 aliphatic heterocycles. The Morgan fingerprint density at radius 3 is 2.81 bits per heavy atom. The van der Waals surface area contributed by atoms with E-state index in [0.717, 1.165) is 18.4 Å². The zero-order valence-corrected chi connectivity index (χ0v) is 15.0. The van der Waals surface area contributed by atoms with Crippen molar-refractivity contribution in [1.29, 1.82) is 0 Å². The smallest absolute Gasteiger partial charge is 0.0247 e. The molecule has 0 saturated carbocycles. The molecule has 0 radical (unpaired) electrons. The van der Waals surface area contributed by atoms with Crippen LogP contribution in [0.3, 0.4) is 0 Å². The molecule has 0 aromatic carbocycles. The molecule has 21 heavy (non-hydrogen) atoms. The standard InChI is InChI=1S/C18H32N2S/c1-5-15(4)18-12-19-16(11-14(2)3)13-20(18)9-8-17-7-6-10-21-17/h6-7,10,14-16,18-19H,5,8-9,11-13H2,1-4H3. The van der Waals surface area contributed by atoms with Gasteiger partial charge in [0, 0.05) is 36.6 Å². The van der Waals surface area contributed by atoms with E-state index in [1.807, 2.05) is 11.3 Å². The Morgan fingerprint density at radius 2 is 2.19 bits per heavy atom. The highest BCUT2D eigenvalue weighted by Gasteiger charge is 2.30. The molecule has 3 heteroatoms. The number of thiophene rings is 1. The van der Waals surface area contributed by atoms with Crippen LogP contribution in [0.25, 0.3) is 0 Å². The van der Waals surface area contributed by atoms with Crippen LogP contribution in [0.2, 0.25) is 0 Å². The van der Waals surface area contributed by atoms with E-state index in [-0.39, 0.29) is 0 Å². The van der Waals surface area contributed by atoms with Crippen molar-refractivity contribution in [3.05, 3.63) is 22.4 Å². The Labute approximate surface area is 134 Å². The Hall–Kier alpha value is -0.380. The molecule has 1 aromatic rings. The molecule has 1 aromatic heterocycles. The third-order valence-electron chi connectivity index (χ3n) is 4.82.